The highest BCUT2D eigenvalue weighted by molar-refractivity contribution is 5.87. The molecule has 9 nitrogen and oxygen atoms in total. The molecule has 0 spiro atoms. The molecule has 0 aromatic heterocycles. The quantitative estimate of drug-likeness (QED) is 0.460. The van der Waals surface area contributed by atoms with Crippen molar-refractivity contribution in [3.63, 3.8) is 0 Å². The van der Waals surface area contributed by atoms with Gasteiger partial charge in [-0.3, -0.25) is 0 Å². The minimum absolute atomic E-state index is 0.384. The van der Waals surface area contributed by atoms with Gasteiger partial charge in [0.2, 0.25) is 0 Å². The fourth-order valence-corrected chi connectivity index (χ4v) is 0.377. The third-order valence-electron chi connectivity index (χ3n) is 0.988. The van der Waals surface area contributed by atoms with Crippen LogP contribution in [0.25, 0.3) is 0 Å². The van der Waals surface area contributed by atoms with E-state index in [0.29, 0.717) is 12.2 Å². The number of aliphatic carboxylic acids is 4. The lowest BCUT2D eigenvalue weighted by Crippen LogP contribution is -2.39. The molecule has 0 saturated heterocycles. The van der Waals surface area contributed by atoms with Crippen molar-refractivity contribution in [3.05, 3.63) is 12.2 Å². The molecular weight excluding hydrogens is 240 g/mol. The maximum atomic E-state index is 9.58. The van der Waals surface area contributed by atoms with Crippen molar-refractivity contribution in [1.82, 2.24) is 0 Å². The second-order valence-corrected chi connectivity index (χ2v) is 2.38. The van der Waals surface area contributed by atoms with Crippen molar-refractivity contribution in [1.29, 1.82) is 0 Å². The molecule has 0 fully saturated rings. The van der Waals surface area contributed by atoms with Crippen LogP contribution in [0.15, 0.2) is 12.2 Å². The van der Waals surface area contributed by atoms with Gasteiger partial charge in [-0.15, -0.1) is 0 Å². The molecule has 0 aromatic rings. The number of aliphatic hydroxyl groups is 1. The Balaban J connectivity index is 0. The Bertz CT molecular complexity index is 314. The highest BCUT2D eigenvalue weighted by Crippen LogP contribution is 1.85. The van der Waals surface area contributed by atoms with Crippen LogP contribution in [0.3, 0.4) is 0 Å². The Morgan fingerprint density at radius 3 is 1.41 bits per heavy atom. The van der Waals surface area contributed by atoms with Crippen molar-refractivity contribution in [2.75, 3.05) is 0 Å². The summed E-state index contributed by atoms with van der Waals surface area (Å²) < 4.78 is 0. The van der Waals surface area contributed by atoms with Crippen LogP contribution in [-0.4, -0.2) is 35.1 Å². The molecule has 96 valence electrons. The number of hydrogen-bond acceptors (Lipinski definition) is 9. The highest BCUT2D eigenvalue weighted by atomic mass is 16.4. The SMILES string of the molecule is O=C([O-])/C=C/C(=O)[O-].O=C([O-])CC(O)C(=O)[O-]. The minimum atomic E-state index is -1.96. The van der Waals surface area contributed by atoms with E-state index >= 15 is 0 Å². The van der Waals surface area contributed by atoms with Crippen LogP contribution in [0.4, 0.5) is 0 Å². The first-order chi connectivity index (χ1) is 7.66. The van der Waals surface area contributed by atoms with E-state index in [4.69, 9.17) is 5.11 Å². The number of rotatable bonds is 5. The van der Waals surface area contributed by atoms with Crippen molar-refractivity contribution < 1.29 is 44.7 Å². The maximum absolute atomic E-state index is 9.58. The Morgan fingerprint density at radius 1 is 0.941 bits per heavy atom. The van der Waals surface area contributed by atoms with Gasteiger partial charge in [-0.25, -0.2) is 0 Å². The van der Waals surface area contributed by atoms with E-state index in [-0.39, 0.29) is 0 Å². The summed E-state index contributed by atoms with van der Waals surface area (Å²) in [5, 5.41) is 46.2. The standard InChI is InChI=1S/C4H6O5.C4H4O4/c5-2(4(8)9)1-3(6)7;5-3(6)1-2-4(7)8/h2,5H,1H2,(H,6,7)(H,8,9);1-2H,(H,5,6)(H,7,8)/p-4/b;2-1+. The Hall–Kier alpha value is -2.42. The van der Waals surface area contributed by atoms with E-state index in [1.165, 1.54) is 0 Å². The summed E-state index contributed by atoms with van der Waals surface area (Å²) in [4.78, 5) is 38.0. The molecule has 1 unspecified atom stereocenters. The lowest BCUT2D eigenvalue weighted by molar-refractivity contribution is -0.323. The van der Waals surface area contributed by atoms with Gasteiger partial charge in [-0.05, 0) is 12.2 Å². The van der Waals surface area contributed by atoms with E-state index in [1.54, 1.807) is 0 Å². The van der Waals surface area contributed by atoms with Crippen LogP contribution in [-0.2, 0) is 19.2 Å². The molecule has 0 bridgehead atoms. The Labute approximate surface area is 94.2 Å². The van der Waals surface area contributed by atoms with Crippen LogP contribution in [0.1, 0.15) is 6.42 Å². The first kappa shape index (κ1) is 17.0. The average Bonchev–Trinajstić information content (AvgIpc) is 2.14. The van der Waals surface area contributed by atoms with Gasteiger partial charge < -0.3 is 44.7 Å². The highest BCUT2D eigenvalue weighted by Gasteiger charge is 2.03. The predicted octanol–water partition coefficient (Wildman–Crippen LogP) is -6.72. The third-order valence-corrected chi connectivity index (χ3v) is 0.988. The van der Waals surface area contributed by atoms with Gasteiger partial charge in [0.25, 0.3) is 0 Å². The maximum Gasteiger partial charge on any atom is 0.0985 e. The molecule has 0 aliphatic heterocycles. The van der Waals surface area contributed by atoms with Crippen LogP contribution >= 0.6 is 0 Å². The fraction of sp³-hybridized carbons (Fsp3) is 0.250. The van der Waals surface area contributed by atoms with Gasteiger partial charge in [-0.1, -0.05) is 0 Å². The number of carboxylic acid groups (broad SMARTS) is 4. The van der Waals surface area contributed by atoms with Gasteiger partial charge >= 0.3 is 0 Å². The molecule has 1 N–H and O–H groups in total. The molecule has 1 atom stereocenters. The largest absolute Gasteiger partial charge is 0.550 e. The van der Waals surface area contributed by atoms with E-state index in [9.17, 15) is 39.6 Å². The smallest absolute Gasteiger partial charge is 0.0985 e. The molecule has 0 aliphatic carbocycles. The molecule has 0 saturated carbocycles. The molecular formula is C8H6O9-4. The molecule has 0 amide bonds. The minimum Gasteiger partial charge on any atom is -0.550 e. The van der Waals surface area contributed by atoms with Crippen molar-refractivity contribution >= 4 is 23.9 Å². The van der Waals surface area contributed by atoms with Gasteiger partial charge in [0, 0.05) is 12.4 Å². The molecule has 0 aliphatic rings. The topological polar surface area (TPSA) is 181 Å². The molecule has 0 aromatic carbocycles. The lowest BCUT2D eigenvalue weighted by Gasteiger charge is -2.10. The second-order valence-electron chi connectivity index (χ2n) is 2.38. The van der Waals surface area contributed by atoms with Crippen LogP contribution in [0.2, 0.25) is 0 Å². The summed E-state index contributed by atoms with van der Waals surface area (Å²) in [6.45, 7) is 0. The van der Waals surface area contributed by atoms with Crippen LogP contribution in [0, 0.1) is 0 Å². The number of carbonyl (C=O) groups excluding carboxylic acids is 4. The molecule has 0 radical (unpaired) electrons. The normalized spacial score (nSPS) is 11.1. The summed E-state index contributed by atoms with van der Waals surface area (Å²) in [6, 6.07) is 0. The van der Waals surface area contributed by atoms with E-state index < -0.39 is 36.4 Å². The number of carboxylic acids is 4. The summed E-state index contributed by atoms with van der Waals surface area (Å²) in [7, 11) is 0. The van der Waals surface area contributed by atoms with Crippen LogP contribution < -0.4 is 20.4 Å². The van der Waals surface area contributed by atoms with Crippen molar-refractivity contribution in [3.8, 4) is 0 Å². The van der Waals surface area contributed by atoms with Gasteiger partial charge in [0.05, 0.1) is 24.0 Å². The van der Waals surface area contributed by atoms with E-state index in [1.807, 2.05) is 0 Å². The zero-order chi connectivity index (χ0) is 14.0. The predicted molar refractivity (Wildman–Crippen MR) is 39.8 cm³/mol. The van der Waals surface area contributed by atoms with Crippen molar-refractivity contribution in [2.45, 2.75) is 12.5 Å². The second kappa shape index (κ2) is 8.85. The number of carbonyl (C=O) groups is 4. The monoisotopic (exact) mass is 246 g/mol. The zero-order valence-electron chi connectivity index (χ0n) is 8.15. The summed E-state index contributed by atoms with van der Waals surface area (Å²) in [6.07, 6.45) is -2.12. The van der Waals surface area contributed by atoms with Gasteiger partial charge in [-0.2, -0.15) is 0 Å². The van der Waals surface area contributed by atoms with Crippen LogP contribution in [0.5, 0.6) is 0 Å². The number of aliphatic hydroxyl groups excluding tert-OH is 1. The van der Waals surface area contributed by atoms with Crippen molar-refractivity contribution in [2.24, 2.45) is 0 Å². The zero-order valence-corrected chi connectivity index (χ0v) is 8.15. The summed E-state index contributed by atoms with van der Waals surface area (Å²) in [5.74, 6) is -6.52. The fourth-order valence-electron chi connectivity index (χ4n) is 0.377. The molecule has 0 heterocycles. The summed E-state index contributed by atoms with van der Waals surface area (Å²) in [5.41, 5.74) is 0. The third kappa shape index (κ3) is 16.3. The van der Waals surface area contributed by atoms with E-state index in [2.05, 4.69) is 0 Å². The first-order valence-corrected chi connectivity index (χ1v) is 3.85. The molecule has 17 heavy (non-hydrogen) atoms. The van der Waals surface area contributed by atoms with E-state index in [0.717, 1.165) is 0 Å². The molecule has 9 heteroatoms. The molecule has 0 rings (SSSR count). The first-order valence-electron chi connectivity index (χ1n) is 3.85. The lowest BCUT2D eigenvalue weighted by atomic mass is 10.3. The summed E-state index contributed by atoms with van der Waals surface area (Å²) >= 11 is 0. The van der Waals surface area contributed by atoms with Gasteiger partial charge in [0.15, 0.2) is 0 Å². The average molecular weight is 246 g/mol. The Morgan fingerprint density at radius 2 is 1.29 bits per heavy atom. The Kier molecular flexibility index (Phi) is 8.85. The number of hydrogen-bond donors (Lipinski definition) is 1. The van der Waals surface area contributed by atoms with Gasteiger partial charge in [0.1, 0.15) is 0 Å².